The SMILES string of the molecule is CCNC(=NCc1cccc(CN2CCOC(C)C2)c1)NCC(C)(O)c1cnn(C)c1.I. The summed E-state index contributed by atoms with van der Waals surface area (Å²) in [4.78, 5) is 7.15. The molecule has 0 spiro atoms. The van der Waals surface area contributed by atoms with Crippen LogP contribution >= 0.6 is 24.0 Å². The second-order valence-electron chi connectivity index (χ2n) is 8.46. The highest BCUT2D eigenvalue weighted by atomic mass is 127. The molecule has 1 aliphatic heterocycles. The van der Waals surface area contributed by atoms with Crippen molar-refractivity contribution in [2.24, 2.45) is 12.0 Å². The minimum atomic E-state index is -1.04. The van der Waals surface area contributed by atoms with E-state index in [-0.39, 0.29) is 24.0 Å². The topological polar surface area (TPSA) is 86.9 Å². The maximum absolute atomic E-state index is 10.8. The maximum Gasteiger partial charge on any atom is 0.191 e. The number of hydrogen-bond donors (Lipinski definition) is 3. The standard InChI is InChI=1S/C23H36N6O2.HI/c1-5-24-22(26-17-23(3,30)21-13-27-28(4)16-21)25-12-19-7-6-8-20(11-19)15-29-9-10-31-18(2)14-29;/h6-8,11,13,16,18,30H,5,9-10,12,14-15,17H2,1-4H3,(H2,24,25,26);1H. The highest BCUT2D eigenvalue weighted by Gasteiger charge is 2.25. The Bertz CT molecular complexity index is 870. The average molecular weight is 556 g/mol. The van der Waals surface area contributed by atoms with Crippen molar-refractivity contribution in [3.8, 4) is 0 Å². The van der Waals surface area contributed by atoms with Gasteiger partial charge in [0.1, 0.15) is 5.60 Å². The van der Waals surface area contributed by atoms with Gasteiger partial charge in [-0.25, -0.2) is 4.99 Å². The smallest absolute Gasteiger partial charge is 0.191 e. The van der Waals surface area contributed by atoms with Gasteiger partial charge in [-0.3, -0.25) is 9.58 Å². The summed E-state index contributed by atoms with van der Waals surface area (Å²) in [6.07, 6.45) is 3.80. The van der Waals surface area contributed by atoms with Crippen LogP contribution in [0.1, 0.15) is 37.5 Å². The third-order valence-electron chi connectivity index (χ3n) is 5.41. The molecule has 2 unspecified atom stereocenters. The number of morpholine rings is 1. The fourth-order valence-electron chi connectivity index (χ4n) is 3.69. The summed E-state index contributed by atoms with van der Waals surface area (Å²) < 4.78 is 7.33. The van der Waals surface area contributed by atoms with E-state index in [1.54, 1.807) is 17.8 Å². The second kappa shape index (κ2) is 12.5. The molecule has 1 aliphatic rings. The summed E-state index contributed by atoms with van der Waals surface area (Å²) >= 11 is 0. The average Bonchev–Trinajstić information content (AvgIpc) is 3.18. The molecule has 32 heavy (non-hydrogen) atoms. The Balaban J connectivity index is 0.00000363. The predicted molar refractivity (Wildman–Crippen MR) is 138 cm³/mol. The molecule has 0 saturated carbocycles. The molecule has 2 atom stereocenters. The lowest BCUT2D eigenvalue weighted by Gasteiger charge is -2.31. The summed E-state index contributed by atoms with van der Waals surface area (Å²) in [6, 6.07) is 8.59. The Morgan fingerprint density at radius 3 is 2.81 bits per heavy atom. The van der Waals surface area contributed by atoms with Crippen LogP contribution in [0.15, 0.2) is 41.7 Å². The Labute approximate surface area is 208 Å². The van der Waals surface area contributed by atoms with Crippen molar-refractivity contribution in [2.75, 3.05) is 32.8 Å². The summed E-state index contributed by atoms with van der Waals surface area (Å²) in [5, 5.41) is 21.5. The lowest BCUT2D eigenvalue weighted by Crippen LogP contribution is -2.44. The van der Waals surface area contributed by atoms with Crippen LogP contribution in [0.25, 0.3) is 0 Å². The number of aryl methyl sites for hydroxylation is 1. The van der Waals surface area contributed by atoms with Crippen LogP contribution in [0.3, 0.4) is 0 Å². The molecule has 0 aliphatic carbocycles. The molecule has 1 fully saturated rings. The van der Waals surface area contributed by atoms with Crippen LogP contribution in [0, 0.1) is 0 Å². The van der Waals surface area contributed by atoms with Crippen molar-refractivity contribution in [1.29, 1.82) is 0 Å². The van der Waals surface area contributed by atoms with Gasteiger partial charge in [-0.2, -0.15) is 5.10 Å². The summed E-state index contributed by atoms with van der Waals surface area (Å²) in [5.74, 6) is 0.680. The van der Waals surface area contributed by atoms with Gasteiger partial charge in [0.05, 0.1) is 32.0 Å². The van der Waals surface area contributed by atoms with Gasteiger partial charge in [0.2, 0.25) is 0 Å². The van der Waals surface area contributed by atoms with Crippen LogP contribution < -0.4 is 10.6 Å². The van der Waals surface area contributed by atoms with E-state index in [1.165, 1.54) is 5.56 Å². The van der Waals surface area contributed by atoms with Crippen molar-refractivity contribution in [3.05, 3.63) is 53.3 Å². The minimum Gasteiger partial charge on any atom is -0.383 e. The van der Waals surface area contributed by atoms with Crippen molar-refractivity contribution in [1.82, 2.24) is 25.3 Å². The molecule has 2 aromatic rings. The number of ether oxygens (including phenoxy) is 1. The van der Waals surface area contributed by atoms with Crippen molar-refractivity contribution in [3.63, 3.8) is 0 Å². The van der Waals surface area contributed by atoms with Gasteiger partial charge >= 0.3 is 0 Å². The Kier molecular flexibility index (Phi) is 10.4. The van der Waals surface area contributed by atoms with Gasteiger partial charge in [-0.05, 0) is 31.9 Å². The van der Waals surface area contributed by atoms with Gasteiger partial charge in [-0.15, -0.1) is 24.0 Å². The zero-order valence-corrected chi connectivity index (χ0v) is 21.9. The molecular formula is C23H37IN6O2. The van der Waals surface area contributed by atoms with E-state index >= 15 is 0 Å². The summed E-state index contributed by atoms with van der Waals surface area (Å²) in [5.41, 5.74) is 2.18. The molecule has 0 amide bonds. The number of benzene rings is 1. The third kappa shape index (κ3) is 8.02. The minimum absolute atomic E-state index is 0. The number of hydrogen-bond acceptors (Lipinski definition) is 5. The van der Waals surface area contributed by atoms with Gasteiger partial charge in [0.15, 0.2) is 5.96 Å². The van der Waals surface area contributed by atoms with Gasteiger partial charge < -0.3 is 20.5 Å². The normalized spacial score (nSPS) is 19.2. The van der Waals surface area contributed by atoms with Gasteiger partial charge in [-0.1, -0.05) is 24.3 Å². The van der Waals surface area contributed by atoms with Gasteiger partial charge in [0, 0.05) is 45.0 Å². The second-order valence-corrected chi connectivity index (χ2v) is 8.46. The highest BCUT2D eigenvalue weighted by Crippen LogP contribution is 2.18. The molecule has 1 aromatic carbocycles. The van der Waals surface area contributed by atoms with E-state index in [0.29, 0.717) is 25.2 Å². The molecule has 0 radical (unpaired) electrons. The summed E-state index contributed by atoms with van der Waals surface area (Å²) in [7, 11) is 1.84. The lowest BCUT2D eigenvalue weighted by molar-refractivity contribution is -0.0212. The van der Waals surface area contributed by atoms with Crippen molar-refractivity contribution >= 4 is 29.9 Å². The fourth-order valence-corrected chi connectivity index (χ4v) is 3.69. The van der Waals surface area contributed by atoms with E-state index in [2.05, 4.69) is 51.8 Å². The molecule has 1 aromatic heterocycles. The lowest BCUT2D eigenvalue weighted by atomic mass is 10.00. The first-order chi connectivity index (χ1) is 14.9. The molecule has 9 heteroatoms. The van der Waals surface area contributed by atoms with Crippen LogP contribution in [0.2, 0.25) is 0 Å². The fraction of sp³-hybridized carbons (Fsp3) is 0.565. The van der Waals surface area contributed by atoms with E-state index in [1.807, 2.05) is 20.2 Å². The van der Waals surface area contributed by atoms with E-state index in [0.717, 1.165) is 43.9 Å². The van der Waals surface area contributed by atoms with E-state index < -0.39 is 5.60 Å². The molecule has 3 N–H and O–H groups in total. The molecule has 8 nitrogen and oxygen atoms in total. The first-order valence-corrected chi connectivity index (χ1v) is 11.0. The highest BCUT2D eigenvalue weighted by molar-refractivity contribution is 14.0. The molecule has 0 bridgehead atoms. The number of guanidine groups is 1. The zero-order valence-electron chi connectivity index (χ0n) is 19.5. The Morgan fingerprint density at radius 1 is 1.34 bits per heavy atom. The third-order valence-corrected chi connectivity index (χ3v) is 5.41. The number of nitrogens with zero attached hydrogens (tertiary/aromatic N) is 4. The van der Waals surface area contributed by atoms with Crippen LogP contribution in [-0.2, 0) is 30.5 Å². The number of aliphatic imine (C=N–C) groups is 1. The van der Waals surface area contributed by atoms with Crippen LogP contribution in [0.4, 0.5) is 0 Å². The number of halogens is 1. The number of aliphatic hydroxyl groups is 1. The van der Waals surface area contributed by atoms with Crippen molar-refractivity contribution in [2.45, 2.75) is 45.6 Å². The molecule has 1 saturated heterocycles. The van der Waals surface area contributed by atoms with Crippen LogP contribution in [-0.4, -0.2) is 64.6 Å². The van der Waals surface area contributed by atoms with Crippen LogP contribution in [0.5, 0.6) is 0 Å². The predicted octanol–water partition coefficient (Wildman–Crippen LogP) is 2.22. The monoisotopic (exact) mass is 556 g/mol. The first-order valence-electron chi connectivity index (χ1n) is 11.0. The zero-order chi connectivity index (χ0) is 22.3. The number of nitrogens with one attached hydrogen (secondary N) is 2. The van der Waals surface area contributed by atoms with E-state index in [4.69, 9.17) is 9.73 Å². The largest absolute Gasteiger partial charge is 0.383 e. The Hall–Kier alpha value is -1.69. The molecular weight excluding hydrogens is 519 g/mol. The molecule has 178 valence electrons. The quantitative estimate of drug-likeness (QED) is 0.263. The summed E-state index contributed by atoms with van der Waals surface area (Å²) in [6.45, 7) is 11.2. The maximum atomic E-state index is 10.8. The number of aromatic nitrogens is 2. The first kappa shape index (κ1) is 26.6. The van der Waals surface area contributed by atoms with Gasteiger partial charge in [0.25, 0.3) is 0 Å². The number of rotatable bonds is 8. The van der Waals surface area contributed by atoms with Crippen molar-refractivity contribution < 1.29 is 9.84 Å². The molecule has 2 heterocycles. The molecule has 3 rings (SSSR count). The van der Waals surface area contributed by atoms with E-state index in [9.17, 15) is 5.11 Å². The Morgan fingerprint density at radius 2 is 2.12 bits per heavy atom.